The van der Waals surface area contributed by atoms with Crippen LogP contribution in [0.4, 0.5) is 5.69 Å². The second-order valence-corrected chi connectivity index (χ2v) is 6.70. The normalized spacial score (nSPS) is 16.5. The fourth-order valence-corrected chi connectivity index (χ4v) is 3.40. The Morgan fingerprint density at radius 3 is 2.75 bits per heavy atom. The molecule has 0 unspecified atom stereocenters. The maximum Gasteiger partial charge on any atom is 0.340 e. The van der Waals surface area contributed by atoms with Crippen LogP contribution in [0.25, 0.3) is 0 Å². The van der Waals surface area contributed by atoms with E-state index in [1.807, 2.05) is 0 Å². The number of benzene rings is 1. The topological polar surface area (TPSA) is 88.9 Å². The highest BCUT2D eigenvalue weighted by atomic mass is 16.5. The SMILES string of the molecule is CC[C@@H]1CCCCN1C(=O)COC(=O)c1ccccc1NC(=O)c1ccco1. The number of hydrogen-bond acceptors (Lipinski definition) is 5. The highest BCUT2D eigenvalue weighted by Crippen LogP contribution is 2.21. The summed E-state index contributed by atoms with van der Waals surface area (Å²) in [5, 5.41) is 2.63. The van der Waals surface area contributed by atoms with Gasteiger partial charge in [-0.05, 0) is 49.9 Å². The Hall–Kier alpha value is -3.09. The molecule has 0 radical (unpaired) electrons. The molecule has 3 rings (SSSR count). The van der Waals surface area contributed by atoms with Gasteiger partial charge in [-0.25, -0.2) is 4.79 Å². The van der Waals surface area contributed by atoms with Gasteiger partial charge in [0.25, 0.3) is 11.8 Å². The minimum absolute atomic E-state index is 0.133. The Bertz CT molecular complexity index is 831. The van der Waals surface area contributed by atoms with Gasteiger partial charge >= 0.3 is 5.97 Å². The maximum absolute atomic E-state index is 12.5. The number of carbonyl (C=O) groups is 3. The van der Waals surface area contributed by atoms with Crippen molar-refractivity contribution < 1.29 is 23.5 Å². The number of nitrogens with one attached hydrogen (secondary N) is 1. The molecule has 1 aliphatic heterocycles. The minimum Gasteiger partial charge on any atom is -0.459 e. The first-order valence-electron chi connectivity index (χ1n) is 9.50. The van der Waals surface area contributed by atoms with Crippen LogP contribution in [-0.2, 0) is 9.53 Å². The summed E-state index contributed by atoms with van der Waals surface area (Å²) in [4.78, 5) is 39.0. The van der Waals surface area contributed by atoms with Crippen molar-refractivity contribution in [2.75, 3.05) is 18.5 Å². The van der Waals surface area contributed by atoms with E-state index in [2.05, 4.69) is 12.2 Å². The molecule has 1 atom stereocenters. The zero-order valence-electron chi connectivity index (χ0n) is 15.8. The summed E-state index contributed by atoms with van der Waals surface area (Å²) < 4.78 is 10.3. The van der Waals surface area contributed by atoms with E-state index < -0.39 is 11.9 Å². The lowest BCUT2D eigenvalue weighted by Gasteiger charge is -2.35. The first-order chi connectivity index (χ1) is 13.6. The summed E-state index contributed by atoms with van der Waals surface area (Å²) in [7, 11) is 0. The smallest absolute Gasteiger partial charge is 0.340 e. The molecule has 1 fully saturated rings. The molecule has 0 aliphatic carbocycles. The summed E-state index contributed by atoms with van der Waals surface area (Å²) in [5.74, 6) is -1.18. The molecule has 2 heterocycles. The van der Waals surface area contributed by atoms with Crippen molar-refractivity contribution in [1.82, 2.24) is 4.90 Å². The molecule has 1 aromatic carbocycles. The maximum atomic E-state index is 12.5. The van der Waals surface area contributed by atoms with Crippen molar-refractivity contribution in [3.63, 3.8) is 0 Å². The number of nitrogens with zero attached hydrogens (tertiary/aromatic N) is 1. The summed E-state index contributed by atoms with van der Waals surface area (Å²) in [6.07, 6.45) is 5.35. The monoisotopic (exact) mass is 384 g/mol. The van der Waals surface area contributed by atoms with Crippen LogP contribution in [0.3, 0.4) is 0 Å². The highest BCUT2D eigenvalue weighted by Gasteiger charge is 2.26. The van der Waals surface area contributed by atoms with E-state index in [1.54, 1.807) is 35.2 Å². The van der Waals surface area contributed by atoms with Gasteiger partial charge in [-0.2, -0.15) is 0 Å². The van der Waals surface area contributed by atoms with Crippen LogP contribution in [0, 0.1) is 0 Å². The van der Waals surface area contributed by atoms with Gasteiger partial charge in [-0.3, -0.25) is 9.59 Å². The minimum atomic E-state index is -0.659. The van der Waals surface area contributed by atoms with Crippen molar-refractivity contribution in [3.8, 4) is 0 Å². The van der Waals surface area contributed by atoms with E-state index in [1.165, 1.54) is 12.3 Å². The summed E-state index contributed by atoms with van der Waals surface area (Å²) in [5.41, 5.74) is 0.478. The van der Waals surface area contributed by atoms with Crippen LogP contribution in [0.1, 0.15) is 53.5 Å². The predicted molar refractivity (Wildman–Crippen MR) is 103 cm³/mol. The molecule has 1 saturated heterocycles. The Balaban J connectivity index is 1.63. The van der Waals surface area contributed by atoms with Crippen molar-refractivity contribution >= 4 is 23.5 Å². The Morgan fingerprint density at radius 2 is 2.00 bits per heavy atom. The van der Waals surface area contributed by atoms with Gasteiger partial charge in [-0.1, -0.05) is 19.1 Å². The van der Waals surface area contributed by atoms with Crippen molar-refractivity contribution in [2.45, 2.75) is 38.6 Å². The molecule has 148 valence electrons. The third kappa shape index (κ3) is 4.60. The lowest BCUT2D eigenvalue weighted by molar-refractivity contribution is -0.138. The molecule has 0 spiro atoms. The van der Waals surface area contributed by atoms with Crippen molar-refractivity contribution in [2.24, 2.45) is 0 Å². The molecule has 0 bridgehead atoms. The van der Waals surface area contributed by atoms with Crippen LogP contribution < -0.4 is 5.32 Å². The summed E-state index contributed by atoms with van der Waals surface area (Å²) >= 11 is 0. The fraction of sp³-hybridized carbons (Fsp3) is 0.381. The molecule has 1 aromatic heterocycles. The van der Waals surface area contributed by atoms with Gasteiger partial charge in [0.1, 0.15) is 0 Å². The molecule has 2 aromatic rings. The van der Waals surface area contributed by atoms with E-state index >= 15 is 0 Å². The first-order valence-corrected chi connectivity index (χ1v) is 9.50. The lowest BCUT2D eigenvalue weighted by Crippen LogP contribution is -2.45. The molecule has 7 heteroatoms. The second-order valence-electron chi connectivity index (χ2n) is 6.70. The Morgan fingerprint density at radius 1 is 1.18 bits per heavy atom. The first kappa shape index (κ1) is 19.7. The van der Waals surface area contributed by atoms with Crippen molar-refractivity contribution in [3.05, 3.63) is 54.0 Å². The number of esters is 1. The molecule has 2 amide bonds. The van der Waals surface area contributed by atoms with Crippen LogP contribution in [0.5, 0.6) is 0 Å². The van der Waals surface area contributed by atoms with E-state index in [-0.39, 0.29) is 29.9 Å². The number of hydrogen-bond donors (Lipinski definition) is 1. The standard InChI is InChI=1S/C21H24N2O5/c1-2-15-8-5-6-12-23(15)19(24)14-28-21(26)16-9-3-4-10-17(16)22-20(25)18-11-7-13-27-18/h3-4,7,9-11,13,15H,2,5-6,8,12,14H2,1H3,(H,22,25)/t15-/m1/s1. The van der Waals surface area contributed by atoms with Gasteiger partial charge in [0.2, 0.25) is 0 Å². The van der Waals surface area contributed by atoms with Crippen LogP contribution in [0.15, 0.2) is 47.1 Å². The summed E-state index contributed by atoms with van der Waals surface area (Å²) in [6.45, 7) is 2.45. The average molecular weight is 384 g/mol. The van der Waals surface area contributed by atoms with Crippen LogP contribution in [0.2, 0.25) is 0 Å². The third-order valence-corrected chi connectivity index (χ3v) is 4.89. The zero-order chi connectivity index (χ0) is 19.9. The fourth-order valence-electron chi connectivity index (χ4n) is 3.40. The van der Waals surface area contributed by atoms with Gasteiger partial charge in [0.05, 0.1) is 17.5 Å². The number of carbonyl (C=O) groups excluding carboxylic acids is 3. The molecule has 1 N–H and O–H groups in total. The molecule has 1 aliphatic rings. The number of likely N-dealkylation sites (tertiary alicyclic amines) is 1. The number of rotatable bonds is 6. The number of anilines is 1. The number of amides is 2. The average Bonchev–Trinajstić information content (AvgIpc) is 3.27. The Labute approximate surface area is 163 Å². The number of para-hydroxylation sites is 1. The van der Waals surface area contributed by atoms with E-state index in [0.717, 1.165) is 25.7 Å². The predicted octanol–water partition coefficient (Wildman–Crippen LogP) is 3.48. The van der Waals surface area contributed by atoms with E-state index in [4.69, 9.17) is 9.15 Å². The van der Waals surface area contributed by atoms with Gasteiger partial charge in [-0.15, -0.1) is 0 Å². The largest absolute Gasteiger partial charge is 0.459 e. The van der Waals surface area contributed by atoms with Gasteiger partial charge in [0, 0.05) is 12.6 Å². The second kappa shape index (κ2) is 9.21. The molecular weight excluding hydrogens is 360 g/mol. The van der Waals surface area contributed by atoms with Gasteiger partial charge < -0.3 is 19.4 Å². The van der Waals surface area contributed by atoms with Crippen LogP contribution >= 0.6 is 0 Å². The van der Waals surface area contributed by atoms with E-state index in [9.17, 15) is 14.4 Å². The number of piperidine rings is 1. The Kier molecular flexibility index (Phi) is 6.47. The van der Waals surface area contributed by atoms with Crippen LogP contribution in [-0.4, -0.2) is 41.9 Å². The number of ether oxygens (including phenoxy) is 1. The lowest BCUT2D eigenvalue weighted by atomic mass is 10.00. The zero-order valence-corrected chi connectivity index (χ0v) is 15.8. The molecule has 28 heavy (non-hydrogen) atoms. The number of furan rings is 1. The van der Waals surface area contributed by atoms with Gasteiger partial charge in [0.15, 0.2) is 12.4 Å². The highest BCUT2D eigenvalue weighted by molar-refractivity contribution is 6.06. The van der Waals surface area contributed by atoms with E-state index in [0.29, 0.717) is 12.2 Å². The summed E-state index contributed by atoms with van der Waals surface area (Å²) in [6, 6.07) is 9.83. The quantitative estimate of drug-likeness (QED) is 0.770. The molecular formula is C21H24N2O5. The molecule has 7 nitrogen and oxygen atoms in total. The third-order valence-electron chi connectivity index (χ3n) is 4.89. The van der Waals surface area contributed by atoms with Crippen molar-refractivity contribution in [1.29, 1.82) is 0 Å². The molecule has 0 saturated carbocycles.